The van der Waals surface area contributed by atoms with Crippen molar-refractivity contribution in [2.24, 2.45) is 0 Å². The van der Waals surface area contributed by atoms with Crippen LogP contribution in [0, 0.1) is 6.92 Å². The largest absolute Gasteiger partial charge is 0.310 e. The van der Waals surface area contributed by atoms with E-state index in [1.54, 1.807) is 0 Å². The normalized spacial score (nSPS) is 13.1. The molecule has 0 aromatic heterocycles. The summed E-state index contributed by atoms with van der Waals surface area (Å²) >= 11 is 1.98. The van der Waals surface area contributed by atoms with E-state index in [2.05, 4.69) is 58.1 Å². The van der Waals surface area contributed by atoms with E-state index in [4.69, 9.17) is 0 Å². The standard InChI is InChI=1S/C15H25NS/c1-6-13(5)17-15-8-7-14(9-12(15)4)10-16-11(2)3/h7-9,11,13,16H,6,10H2,1-5H3. The van der Waals surface area contributed by atoms with Crippen molar-refractivity contribution in [1.82, 2.24) is 5.32 Å². The second kappa shape index (κ2) is 7.07. The van der Waals surface area contributed by atoms with E-state index in [1.807, 2.05) is 11.8 Å². The van der Waals surface area contributed by atoms with Crippen LogP contribution >= 0.6 is 11.8 Å². The monoisotopic (exact) mass is 251 g/mol. The van der Waals surface area contributed by atoms with Gasteiger partial charge in [-0.2, -0.15) is 0 Å². The zero-order valence-electron chi connectivity index (χ0n) is 11.7. The molecule has 0 amide bonds. The fourth-order valence-electron chi connectivity index (χ4n) is 1.58. The predicted molar refractivity (Wildman–Crippen MR) is 78.8 cm³/mol. The zero-order chi connectivity index (χ0) is 12.8. The molecule has 1 atom stereocenters. The Morgan fingerprint density at radius 1 is 1.24 bits per heavy atom. The van der Waals surface area contributed by atoms with Gasteiger partial charge in [-0.25, -0.2) is 0 Å². The van der Waals surface area contributed by atoms with E-state index in [1.165, 1.54) is 22.4 Å². The lowest BCUT2D eigenvalue weighted by molar-refractivity contribution is 0.588. The molecule has 0 fully saturated rings. The van der Waals surface area contributed by atoms with Crippen molar-refractivity contribution in [2.75, 3.05) is 0 Å². The summed E-state index contributed by atoms with van der Waals surface area (Å²) < 4.78 is 0. The molecular weight excluding hydrogens is 226 g/mol. The molecule has 0 heterocycles. The van der Waals surface area contributed by atoms with Crippen LogP contribution in [0.3, 0.4) is 0 Å². The Morgan fingerprint density at radius 3 is 2.47 bits per heavy atom. The molecule has 1 unspecified atom stereocenters. The third kappa shape index (κ3) is 5.13. The van der Waals surface area contributed by atoms with E-state index in [0.717, 1.165) is 6.54 Å². The first-order valence-electron chi connectivity index (χ1n) is 6.52. The van der Waals surface area contributed by atoms with Gasteiger partial charge in [-0.05, 0) is 30.5 Å². The second-order valence-electron chi connectivity index (χ2n) is 4.97. The molecule has 1 aromatic carbocycles. The summed E-state index contributed by atoms with van der Waals surface area (Å²) in [6.07, 6.45) is 1.22. The molecule has 0 saturated carbocycles. The highest BCUT2D eigenvalue weighted by atomic mass is 32.2. The number of aryl methyl sites for hydroxylation is 1. The minimum atomic E-state index is 0.546. The average molecular weight is 251 g/mol. The van der Waals surface area contributed by atoms with E-state index in [9.17, 15) is 0 Å². The van der Waals surface area contributed by atoms with Gasteiger partial charge in [-0.3, -0.25) is 0 Å². The van der Waals surface area contributed by atoms with Gasteiger partial charge in [0, 0.05) is 22.7 Å². The van der Waals surface area contributed by atoms with Gasteiger partial charge >= 0.3 is 0 Å². The Morgan fingerprint density at radius 2 is 1.94 bits per heavy atom. The smallest absolute Gasteiger partial charge is 0.0207 e. The van der Waals surface area contributed by atoms with Crippen LogP contribution in [0.15, 0.2) is 23.1 Å². The lowest BCUT2D eigenvalue weighted by atomic mass is 10.1. The third-order valence-electron chi connectivity index (χ3n) is 2.86. The SMILES string of the molecule is CCC(C)Sc1ccc(CNC(C)C)cc1C. The summed E-state index contributed by atoms with van der Waals surface area (Å²) in [5.41, 5.74) is 2.78. The maximum Gasteiger partial charge on any atom is 0.0207 e. The van der Waals surface area contributed by atoms with Gasteiger partial charge in [-0.1, -0.05) is 39.8 Å². The van der Waals surface area contributed by atoms with Crippen LogP contribution in [0.2, 0.25) is 0 Å². The quantitative estimate of drug-likeness (QED) is 0.753. The highest BCUT2D eigenvalue weighted by Crippen LogP contribution is 2.28. The van der Waals surface area contributed by atoms with Crippen LogP contribution in [0.4, 0.5) is 0 Å². The molecule has 1 aromatic rings. The fourth-order valence-corrected chi connectivity index (χ4v) is 2.57. The average Bonchev–Trinajstić information content (AvgIpc) is 2.29. The van der Waals surface area contributed by atoms with Crippen LogP contribution < -0.4 is 5.32 Å². The van der Waals surface area contributed by atoms with E-state index in [0.29, 0.717) is 11.3 Å². The molecule has 1 N–H and O–H groups in total. The maximum atomic E-state index is 3.45. The third-order valence-corrected chi connectivity index (χ3v) is 4.30. The van der Waals surface area contributed by atoms with E-state index < -0.39 is 0 Å². The molecule has 0 radical (unpaired) electrons. The molecule has 1 nitrogen and oxygen atoms in total. The highest BCUT2D eigenvalue weighted by Gasteiger charge is 2.05. The first-order valence-corrected chi connectivity index (χ1v) is 7.40. The van der Waals surface area contributed by atoms with Crippen LogP contribution in [0.1, 0.15) is 45.2 Å². The van der Waals surface area contributed by atoms with Crippen molar-refractivity contribution in [3.63, 3.8) is 0 Å². The molecule has 0 aliphatic carbocycles. The lowest BCUT2D eigenvalue weighted by Crippen LogP contribution is -2.21. The minimum Gasteiger partial charge on any atom is -0.310 e. The van der Waals surface area contributed by atoms with E-state index >= 15 is 0 Å². The first kappa shape index (κ1) is 14.6. The molecule has 0 bridgehead atoms. The van der Waals surface area contributed by atoms with Gasteiger partial charge in [0.25, 0.3) is 0 Å². The zero-order valence-corrected chi connectivity index (χ0v) is 12.5. The van der Waals surface area contributed by atoms with Crippen LogP contribution in [0.25, 0.3) is 0 Å². The number of benzene rings is 1. The van der Waals surface area contributed by atoms with Crippen molar-refractivity contribution in [2.45, 2.75) is 63.8 Å². The lowest BCUT2D eigenvalue weighted by Gasteiger charge is -2.13. The van der Waals surface area contributed by atoms with Crippen LogP contribution in [0.5, 0.6) is 0 Å². The Labute approximate surface area is 110 Å². The van der Waals surface area contributed by atoms with Crippen molar-refractivity contribution in [1.29, 1.82) is 0 Å². The molecule has 2 heteroatoms. The van der Waals surface area contributed by atoms with Crippen LogP contribution in [-0.4, -0.2) is 11.3 Å². The Balaban J connectivity index is 2.65. The minimum absolute atomic E-state index is 0.546. The van der Waals surface area contributed by atoms with Gasteiger partial charge in [0.1, 0.15) is 0 Å². The molecule has 0 spiro atoms. The predicted octanol–water partition coefficient (Wildman–Crippen LogP) is 4.38. The summed E-state index contributed by atoms with van der Waals surface area (Å²) in [6, 6.07) is 7.36. The van der Waals surface area contributed by atoms with Gasteiger partial charge in [0.15, 0.2) is 0 Å². The molecule has 0 aliphatic heterocycles. The van der Waals surface area contributed by atoms with Gasteiger partial charge in [0.05, 0.1) is 0 Å². The van der Waals surface area contributed by atoms with Gasteiger partial charge in [-0.15, -0.1) is 11.8 Å². The summed E-state index contributed by atoms with van der Waals surface area (Å²) in [5, 5.41) is 4.16. The highest BCUT2D eigenvalue weighted by molar-refractivity contribution is 8.00. The summed E-state index contributed by atoms with van der Waals surface area (Å²) in [4.78, 5) is 1.42. The fraction of sp³-hybridized carbons (Fsp3) is 0.600. The number of hydrogen-bond acceptors (Lipinski definition) is 2. The van der Waals surface area contributed by atoms with Gasteiger partial charge < -0.3 is 5.32 Å². The number of hydrogen-bond donors (Lipinski definition) is 1. The molecule has 1 rings (SSSR count). The van der Waals surface area contributed by atoms with Crippen molar-refractivity contribution < 1.29 is 0 Å². The topological polar surface area (TPSA) is 12.0 Å². The summed E-state index contributed by atoms with van der Waals surface area (Å²) in [7, 11) is 0. The van der Waals surface area contributed by atoms with Gasteiger partial charge in [0.2, 0.25) is 0 Å². The number of thioether (sulfide) groups is 1. The first-order chi connectivity index (χ1) is 8.02. The molecule has 96 valence electrons. The molecule has 0 aliphatic rings. The van der Waals surface area contributed by atoms with E-state index in [-0.39, 0.29) is 0 Å². The molecular formula is C15H25NS. The molecule has 0 saturated heterocycles. The molecule has 17 heavy (non-hydrogen) atoms. The van der Waals surface area contributed by atoms with Crippen molar-refractivity contribution in [3.8, 4) is 0 Å². The Hall–Kier alpha value is -0.470. The Bertz CT molecular complexity index is 347. The van der Waals surface area contributed by atoms with Crippen molar-refractivity contribution >= 4 is 11.8 Å². The van der Waals surface area contributed by atoms with Crippen molar-refractivity contribution in [3.05, 3.63) is 29.3 Å². The summed E-state index contributed by atoms with van der Waals surface area (Å²) in [5.74, 6) is 0. The number of nitrogens with one attached hydrogen (secondary N) is 1. The maximum absolute atomic E-state index is 3.45. The summed E-state index contributed by atoms with van der Waals surface area (Å²) in [6.45, 7) is 12.1. The second-order valence-corrected chi connectivity index (χ2v) is 6.45. The number of rotatable bonds is 6. The van der Waals surface area contributed by atoms with Crippen LogP contribution in [-0.2, 0) is 6.54 Å². The Kier molecular flexibility index (Phi) is 6.07.